The first-order valence-electron chi connectivity index (χ1n) is 12.0. The summed E-state index contributed by atoms with van der Waals surface area (Å²) in [7, 11) is 0. The first-order valence-corrected chi connectivity index (χ1v) is 12.0. The van der Waals surface area contributed by atoms with E-state index in [0.29, 0.717) is 17.0 Å². The third-order valence-corrected chi connectivity index (χ3v) is 6.36. The van der Waals surface area contributed by atoms with Gasteiger partial charge < -0.3 is 9.73 Å². The summed E-state index contributed by atoms with van der Waals surface area (Å²) in [5, 5.41) is 11.4. The Labute approximate surface area is 214 Å². The number of aryl methyl sites for hydroxylation is 2. The summed E-state index contributed by atoms with van der Waals surface area (Å²) < 4.78 is 6.97. The number of para-hydroxylation sites is 2. The summed E-state index contributed by atoms with van der Waals surface area (Å²) >= 11 is 0. The Morgan fingerprint density at radius 2 is 1.65 bits per heavy atom. The molecule has 0 radical (unpaired) electrons. The van der Waals surface area contributed by atoms with Crippen molar-refractivity contribution < 1.29 is 14.0 Å². The zero-order valence-corrected chi connectivity index (χ0v) is 20.7. The number of nitrogens with zero attached hydrogens (tertiary/aromatic N) is 4. The highest BCUT2D eigenvalue weighted by molar-refractivity contribution is 6.02. The van der Waals surface area contributed by atoms with Gasteiger partial charge in [-0.2, -0.15) is 0 Å². The Hall–Kier alpha value is -4.72. The molecule has 0 fully saturated rings. The lowest BCUT2D eigenvalue weighted by atomic mass is 9.97. The van der Waals surface area contributed by atoms with Crippen molar-refractivity contribution in [1.82, 2.24) is 20.3 Å². The molecule has 0 aliphatic carbocycles. The fourth-order valence-electron chi connectivity index (χ4n) is 4.46. The molecular formula is C29H27N5O3. The Morgan fingerprint density at radius 1 is 0.919 bits per heavy atom. The molecule has 2 amide bonds. The van der Waals surface area contributed by atoms with Crippen LogP contribution in [0.4, 0.5) is 5.69 Å². The lowest BCUT2D eigenvalue weighted by Crippen LogP contribution is -2.45. The number of nitrogens with one attached hydrogen (secondary N) is 1. The number of carbonyl (C=O) groups is 2. The molecule has 8 nitrogen and oxygen atoms in total. The molecule has 3 aromatic carbocycles. The predicted octanol–water partition coefficient (Wildman–Crippen LogP) is 4.73. The normalized spacial score (nSPS) is 11.8. The zero-order chi connectivity index (χ0) is 25.8. The van der Waals surface area contributed by atoms with Crippen molar-refractivity contribution >= 4 is 28.5 Å². The molecule has 1 atom stereocenters. The maximum absolute atomic E-state index is 14.1. The van der Waals surface area contributed by atoms with Gasteiger partial charge in [0, 0.05) is 5.69 Å². The van der Waals surface area contributed by atoms with Gasteiger partial charge in [-0.3, -0.25) is 14.5 Å². The third-order valence-electron chi connectivity index (χ3n) is 6.36. The fraction of sp³-hybridized carbons (Fsp3) is 0.172. The van der Waals surface area contributed by atoms with Gasteiger partial charge in [0.25, 0.3) is 0 Å². The molecule has 2 heterocycles. The minimum absolute atomic E-state index is 0.0807. The highest BCUT2D eigenvalue weighted by Gasteiger charge is 2.34. The van der Waals surface area contributed by atoms with Crippen molar-refractivity contribution in [3.63, 3.8) is 0 Å². The van der Waals surface area contributed by atoms with Crippen LogP contribution in [0.1, 0.15) is 28.5 Å². The van der Waals surface area contributed by atoms with Crippen LogP contribution in [-0.4, -0.2) is 26.8 Å². The van der Waals surface area contributed by atoms with Crippen LogP contribution in [0.2, 0.25) is 0 Å². The minimum atomic E-state index is -0.917. The molecule has 5 rings (SSSR count). The molecule has 0 saturated carbocycles. The quantitative estimate of drug-likeness (QED) is 0.337. The molecule has 0 bridgehead atoms. The second kappa shape index (κ2) is 10.5. The van der Waals surface area contributed by atoms with Crippen LogP contribution in [0.25, 0.3) is 11.0 Å². The van der Waals surface area contributed by atoms with E-state index >= 15 is 0 Å². The van der Waals surface area contributed by atoms with E-state index in [1.165, 1.54) is 0 Å². The first kappa shape index (κ1) is 24.0. The van der Waals surface area contributed by atoms with Gasteiger partial charge in [0.05, 0.1) is 18.3 Å². The summed E-state index contributed by atoms with van der Waals surface area (Å²) in [6, 6.07) is 25.3. The third kappa shape index (κ3) is 4.99. The molecule has 5 aromatic rings. The van der Waals surface area contributed by atoms with E-state index in [1.54, 1.807) is 28.0 Å². The molecule has 8 heteroatoms. The van der Waals surface area contributed by atoms with Gasteiger partial charge in [0.1, 0.15) is 23.9 Å². The van der Waals surface area contributed by atoms with Gasteiger partial charge in [-0.1, -0.05) is 59.8 Å². The van der Waals surface area contributed by atoms with Crippen molar-refractivity contribution in [3.05, 3.63) is 114 Å². The number of anilines is 1. The van der Waals surface area contributed by atoms with Crippen molar-refractivity contribution in [2.75, 3.05) is 4.90 Å². The molecular weight excluding hydrogens is 466 g/mol. The van der Waals surface area contributed by atoms with Crippen LogP contribution in [0.5, 0.6) is 0 Å². The van der Waals surface area contributed by atoms with E-state index in [0.717, 1.165) is 22.2 Å². The van der Waals surface area contributed by atoms with Gasteiger partial charge in [-0.05, 0) is 60.9 Å². The van der Waals surface area contributed by atoms with E-state index in [4.69, 9.17) is 4.42 Å². The first-order chi connectivity index (χ1) is 18.0. The van der Waals surface area contributed by atoms with E-state index in [-0.39, 0.29) is 24.9 Å². The van der Waals surface area contributed by atoms with Crippen LogP contribution in [0, 0.1) is 13.8 Å². The largest absolute Gasteiger partial charge is 0.467 e. The molecule has 0 aliphatic heterocycles. The Morgan fingerprint density at radius 3 is 2.41 bits per heavy atom. The maximum atomic E-state index is 14.1. The molecule has 0 spiro atoms. The topological polar surface area (TPSA) is 93.3 Å². The molecule has 0 unspecified atom stereocenters. The Kier molecular flexibility index (Phi) is 6.81. The second-order valence-corrected chi connectivity index (χ2v) is 8.84. The van der Waals surface area contributed by atoms with Crippen LogP contribution in [0.15, 0.2) is 95.6 Å². The van der Waals surface area contributed by atoms with Gasteiger partial charge in [0.2, 0.25) is 11.8 Å². The highest BCUT2D eigenvalue weighted by Crippen LogP contribution is 2.32. The van der Waals surface area contributed by atoms with Crippen molar-refractivity contribution in [3.8, 4) is 0 Å². The maximum Gasteiger partial charge on any atom is 0.249 e. The molecule has 2 aromatic heterocycles. The Balaban J connectivity index is 1.58. The molecule has 1 N–H and O–H groups in total. The monoisotopic (exact) mass is 493 g/mol. The highest BCUT2D eigenvalue weighted by atomic mass is 16.3. The van der Waals surface area contributed by atoms with Crippen molar-refractivity contribution in [1.29, 1.82) is 0 Å². The SMILES string of the molecule is Cc1ccccc1[C@H](C(=O)NCc1ccco1)N(C(=O)Cn1nnc2ccccc21)c1ccccc1C. The molecule has 0 aliphatic rings. The number of fused-ring (bicyclic) bond motifs is 1. The molecule has 37 heavy (non-hydrogen) atoms. The summed E-state index contributed by atoms with van der Waals surface area (Å²) in [6.07, 6.45) is 1.56. The smallest absolute Gasteiger partial charge is 0.249 e. The summed E-state index contributed by atoms with van der Waals surface area (Å²) in [5.41, 5.74) is 4.60. The lowest BCUT2D eigenvalue weighted by Gasteiger charge is -2.33. The van der Waals surface area contributed by atoms with Gasteiger partial charge >= 0.3 is 0 Å². The van der Waals surface area contributed by atoms with Gasteiger partial charge in [-0.15, -0.1) is 5.10 Å². The van der Waals surface area contributed by atoms with Crippen LogP contribution < -0.4 is 10.2 Å². The lowest BCUT2D eigenvalue weighted by molar-refractivity contribution is -0.127. The number of hydrogen-bond donors (Lipinski definition) is 1. The van der Waals surface area contributed by atoms with Crippen molar-refractivity contribution in [2.24, 2.45) is 0 Å². The van der Waals surface area contributed by atoms with Crippen LogP contribution in [-0.2, 0) is 22.7 Å². The number of amides is 2. The van der Waals surface area contributed by atoms with E-state index in [1.807, 2.05) is 86.6 Å². The number of rotatable bonds is 8. The zero-order valence-electron chi connectivity index (χ0n) is 20.7. The molecule has 0 saturated heterocycles. The number of furan rings is 1. The van der Waals surface area contributed by atoms with E-state index < -0.39 is 6.04 Å². The standard InChI is InChI=1S/C29H27N5O3/c1-20-10-3-5-13-23(20)28(29(36)30-18-22-12-9-17-37-22)34(25-15-7-4-11-21(25)2)27(35)19-33-26-16-8-6-14-24(26)31-32-33/h3-17,28H,18-19H2,1-2H3,(H,30,36)/t28-/m1/s1. The number of carbonyl (C=O) groups excluding carboxylic acids is 2. The van der Waals surface area contributed by atoms with Gasteiger partial charge in [0.15, 0.2) is 0 Å². The molecule has 186 valence electrons. The summed E-state index contributed by atoms with van der Waals surface area (Å²) in [5.74, 6) is 0.0249. The van der Waals surface area contributed by atoms with Crippen LogP contribution in [0.3, 0.4) is 0 Å². The van der Waals surface area contributed by atoms with Crippen LogP contribution >= 0.6 is 0 Å². The van der Waals surface area contributed by atoms with Crippen molar-refractivity contribution in [2.45, 2.75) is 33.0 Å². The Bertz CT molecular complexity index is 1540. The van der Waals surface area contributed by atoms with Gasteiger partial charge in [-0.25, -0.2) is 4.68 Å². The minimum Gasteiger partial charge on any atom is -0.467 e. The average Bonchev–Trinajstić information content (AvgIpc) is 3.57. The van der Waals surface area contributed by atoms with E-state index in [2.05, 4.69) is 15.6 Å². The summed E-state index contributed by atoms with van der Waals surface area (Å²) in [6.45, 7) is 3.99. The average molecular weight is 494 g/mol. The van der Waals surface area contributed by atoms with E-state index in [9.17, 15) is 9.59 Å². The second-order valence-electron chi connectivity index (χ2n) is 8.84. The number of aromatic nitrogens is 3. The number of hydrogen-bond acceptors (Lipinski definition) is 5. The summed E-state index contributed by atoms with van der Waals surface area (Å²) in [4.78, 5) is 29.5. The fourth-order valence-corrected chi connectivity index (χ4v) is 4.46. The predicted molar refractivity (Wildman–Crippen MR) is 141 cm³/mol. The number of benzene rings is 3.